The van der Waals surface area contributed by atoms with Crippen molar-refractivity contribution < 1.29 is 13.5 Å². The Morgan fingerprint density at radius 2 is 2.25 bits per heavy atom. The number of benzene rings is 1. The summed E-state index contributed by atoms with van der Waals surface area (Å²) in [5, 5.41) is 0. The van der Waals surface area contributed by atoms with Crippen LogP contribution in [-0.2, 0) is 4.74 Å². The van der Waals surface area contributed by atoms with Gasteiger partial charge in [-0.05, 0) is 44.0 Å². The van der Waals surface area contributed by atoms with Crippen molar-refractivity contribution in [3.05, 3.63) is 35.4 Å². The number of nitrogens with two attached hydrogens (primary N) is 1. The average Bonchev–Trinajstić information content (AvgIpc) is 2.42. The van der Waals surface area contributed by atoms with Crippen molar-refractivity contribution in [3.8, 4) is 0 Å². The van der Waals surface area contributed by atoms with Crippen LogP contribution >= 0.6 is 0 Å². The topological polar surface area (TPSA) is 38.5 Å². The minimum Gasteiger partial charge on any atom is -0.381 e. The lowest BCUT2D eigenvalue weighted by Crippen LogP contribution is -2.35. The van der Waals surface area contributed by atoms with Gasteiger partial charge in [-0.1, -0.05) is 0 Å². The van der Waals surface area contributed by atoms with Gasteiger partial charge in [-0.25, -0.2) is 8.78 Å². The summed E-state index contributed by atoms with van der Waals surface area (Å²) in [6.07, 6.45) is 2.23. The molecule has 112 valence electrons. The van der Waals surface area contributed by atoms with E-state index in [4.69, 9.17) is 10.5 Å². The molecule has 0 amide bonds. The van der Waals surface area contributed by atoms with Crippen molar-refractivity contribution in [3.63, 3.8) is 0 Å². The molecule has 0 spiro atoms. The summed E-state index contributed by atoms with van der Waals surface area (Å²) >= 11 is 0. The van der Waals surface area contributed by atoms with Crippen molar-refractivity contribution in [1.82, 2.24) is 4.90 Å². The number of likely N-dealkylation sites (N-methyl/N-ethyl adjacent to an activating group) is 1. The van der Waals surface area contributed by atoms with Gasteiger partial charge >= 0.3 is 0 Å². The lowest BCUT2D eigenvalue weighted by Gasteiger charge is -2.28. The zero-order valence-electron chi connectivity index (χ0n) is 11.8. The quantitative estimate of drug-likeness (QED) is 0.902. The molecule has 2 atom stereocenters. The molecule has 1 heterocycles. The Balaban J connectivity index is 1.89. The fourth-order valence-corrected chi connectivity index (χ4v) is 2.70. The molecule has 2 N–H and O–H groups in total. The highest BCUT2D eigenvalue weighted by Crippen LogP contribution is 2.19. The van der Waals surface area contributed by atoms with Crippen LogP contribution in [0.4, 0.5) is 8.78 Å². The Morgan fingerprint density at radius 3 is 2.95 bits per heavy atom. The summed E-state index contributed by atoms with van der Waals surface area (Å²) in [5.74, 6) is -0.410. The van der Waals surface area contributed by atoms with Gasteiger partial charge in [-0.15, -0.1) is 0 Å². The molecule has 0 bridgehead atoms. The molecular weight excluding hydrogens is 262 g/mol. The molecule has 5 heteroatoms. The maximum atomic E-state index is 13.6. The number of halogens is 2. The van der Waals surface area contributed by atoms with Crippen LogP contribution in [0.2, 0.25) is 0 Å². The van der Waals surface area contributed by atoms with Gasteiger partial charge in [0.25, 0.3) is 0 Å². The molecule has 0 saturated carbocycles. The molecular formula is C15H22F2N2O. The maximum absolute atomic E-state index is 13.6. The minimum atomic E-state index is -0.528. The van der Waals surface area contributed by atoms with Gasteiger partial charge in [0.15, 0.2) is 0 Å². The Kier molecular flexibility index (Phi) is 5.46. The van der Waals surface area contributed by atoms with Crippen LogP contribution in [0.1, 0.15) is 24.4 Å². The predicted octanol–water partition coefficient (Wildman–Crippen LogP) is 2.32. The molecule has 1 saturated heterocycles. The Labute approximate surface area is 118 Å². The fourth-order valence-electron chi connectivity index (χ4n) is 2.70. The van der Waals surface area contributed by atoms with Crippen LogP contribution in [0, 0.1) is 17.6 Å². The predicted molar refractivity (Wildman–Crippen MR) is 74.3 cm³/mol. The molecule has 20 heavy (non-hydrogen) atoms. The van der Waals surface area contributed by atoms with E-state index in [0.717, 1.165) is 44.7 Å². The van der Waals surface area contributed by atoms with Gasteiger partial charge in [-0.2, -0.15) is 0 Å². The molecule has 1 aromatic carbocycles. The van der Waals surface area contributed by atoms with Crippen LogP contribution in [-0.4, -0.2) is 38.3 Å². The van der Waals surface area contributed by atoms with Gasteiger partial charge in [0.05, 0.1) is 6.61 Å². The standard InChI is InChI=1S/C15H22F2N2O/c1-19(8-11-3-2-6-20-10-11)9-15(18)13-7-12(16)4-5-14(13)17/h4-5,7,11,15H,2-3,6,8-10,18H2,1H3. The van der Waals surface area contributed by atoms with Crippen LogP contribution in [0.25, 0.3) is 0 Å². The zero-order valence-corrected chi connectivity index (χ0v) is 11.8. The van der Waals surface area contributed by atoms with Gasteiger partial charge in [0.2, 0.25) is 0 Å². The number of nitrogens with zero attached hydrogens (tertiary/aromatic N) is 1. The van der Waals surface area contributed by atoms with Crippen molar-refractivity contribution in [2.75, 3.05) is 33.4 Å². The molecule has 3 nitrogen and oxygen atoms in total. The molecule has 0 radical (unpaired) electrons. The summed E-state index contributed by atoms with van der Waals surface area (Å²) in [7, 11) is 1.95. The van der Waals surface area contributed by atoms with Gasteiger partial charge in [0.1, 0.15) is 11.6 Å². The second-order valence-corrected chi connectivity index (χ2v) is 5.58. The lowest BCUT2D eigenvalue weighted by atomic mass is 10.0. The summed E-state index contributed by atoms with van der Waals surface area (Å²) in [6, 6.07) is 2.88. The van der Waals surface area contributed by atoms with Gasteiger partial charge in [0, 0.05) is 31.3 Å². The van der Waals surface area contributed by atoms with Gasteiger partial charge < -0.3 is 15.4 Å². The SMILES string of the molecule is CN(CC1CCCOC1)CC(N)c1cc(F)ccc1F. The van der Waals surface area contributed by atoms with E-state index in [0.29, 0.717) is 12.5 Å². The second-order valence-electron chi connectivity index (χ2n) is 5.58. The largest absolute Gasteiger partial charge is 0.381 e. The van der Waals surface area contributed by atoms with Crippen molar-refractivity contribution in [2.24, 2.45) is 11.7 Å². The molecule has 0 aromatic heterocycles. The van der Waals surface area contributed by atoms with E-state index in [-0.39, 0.29) is 5.56 Å². The van der Waals surface area contributed by atoms with Crippen LogP contribution in [0.3, 0.4) is 0 Å². The van der Waals surface area contributed by atoms with E-state index in [2.05, 4.69) is 4.90 Å². The highest BCUT2D eigenvalue weighted by atomic mass is 19.1. The number of rotatable bonds is 5. The number of hydrogen-bond donors (Lipinski definition) is 1. The second kappa shape index (κ2) is 7.11. The third-order valence-electron chi connectivity index (χ3n) is 3.69. The van der Waals surface area contributed by atoms with Crippen molar-refractivity contribution in [1.29, 1.82) is 0 Å². The smallest absolute Gasteiger partial charge is 0.128 e. The monoisotopic (exact) mass is 284 g/mol. The van der Waals surface area contributed by atoms with Gasteiger partial charge in [-0.3, -0.25) is 0 Å². The third-order valence-corrected chi connectivity index (χ3v) is 3.69. The average molecular weight is 284 g/mol. The Bertz CT molecular complexity index is 436. The first-order chi connectivity index (χ1) is 9.56. The van der Waals surface area contributed by atoms with E-state index in [1.165, 1.54) is 6.07 Å². The molecule has 2 unspecified atom stereocenters. The van der Waals surface area contributed by atoms with E-state index in [1.807, 2.05) is 7.05 Å². The van der Waals surface area contributed by atoms with Crippen LogP contribution < -0.4 is 5.73 Å². The maximum Gasteiger partial charge on any atom is 0.128 e. The minimum absolute atomic E-state index is 0.233. The first-order valence-corrected chi connectivity index (χ1v) is 7.03. The molecule has 1 aliphatic rings. The molecule has 1 aromatic rings. The zero-order chi connectivity index (χ0) is 14.5. The van der Waals surface area contributed by atoms with E-state index < -0.39 is 17.7 Å². The van der Waals surface area contributed by atoms with E-state index >= 15 is 0 Å². The van der Waals surface area contributed by atoms with Crippen molar-refractivity contribution >= 4 is 0 Å². The van der Waals surface area contributed by atoms with Crippen LogP contribution in [0.15, 0.2) is 18.2 Å². The molecule has 2 rings (SSSR count). The lowest BCUT2D eigenvalue weighted by molar-refractivity contribution is 0.0413. The van der Waals surface area contributed by atoms with E-state index in [1.54, 1.807) is 0 Å². The number of ether oxygens (including phenoxy) is 1. The molecule has 1 aliphatic heterocycles. The van der Waals surface area contributed by atoms with Crippen LogP contribution in [0.5, 0.6) is 0 Å². The number of hydrogen-bond acceptors (Lipinski definition) is 3. The Morgan fingerprint density at radius 1 is 1.45 bits per heavy atom. The van der Waals surface area contributed by atoms with Crippen molar-refractivity contribution in [2.45, 2.75) is 18.9 Å². The highest BCUT2D eigenvalue weighted by molar-refractivity contribution is 5.22. The summed E-state index contributed by atoms with van der Waals surface area (Å²) in [6.45, 7) is 2.98. The first-order valence-electron chi connectivity index (χ1n) is 7.03. The first kappa shape index (κ1) is 15.4. The fraction of sp³-hybridized carbons (Fsp3) is 0.600. The molecule has 0 aliphatic carbocycles. The summed E-state index contributed by atoms with van der Waals surface area (Å²) in [5.41, 5.74) is 6.22. The van der Waals surface area contributed by atoms with E-state index in [9.17, 15) is 8.78 Å². The summed E-state index contributed by atoms with van der Waals surface area (Å²) < 4.78 is 32.2. The normalized spacial score (nSPS) is 21.1. The Hall–Kier alpha value is -1.04. The summed E-state index contributed by atoms with van der Waals surface area (Å²) in [4.78, 5) is 2.06. The third kappa shape index (κ3) is 4.23. The highest BCUT2D eigenvalue weighted by Gasteiger charge is 2.19. The molecule has 1 fully saturated rings.